The van der Waals surface area contributed by atoms with Crippen LogP contribution < -0.4 is 0 Å². The number of pyridine rings is 1. The molecule has 0 bridgehead atoms. The van der Waals surface area contributed by atoms with Crippen molar-refractivity contribution in [1.82, 2.24) is 14.9 Å². The van der Waals surface area contributed by atoms with E-state index in [0.717, 1.165) is 21.1 Å². The fourth-order valence-electron chi connectivity index (χ4n) is 2.49. The van der Waals surface area contributed by atoms with Crippen LogP contribution in [0.5, 0.6) is 0 Å². The minimum Gasteiger partial charge on any atom is -0.341 e. The van der Waals surface area contributed by atoms with Gasteiger partial charge < -0.3 is 4.90 Å². The van der Waals surface area contributed by atoms with Gasteiger partial charge in [-0.3, -0.25) is 9.78 Å². The van der Waals surface area contributed by atoms with Gasteiger partial charge in [-0.1, -0.05) is 12.1 Å². The summed E-state index contributed by atoms with van der Waals surface area (Å²) in [6.07, 6.45) is 4.11. The van der Waals surface area contributed by atoms with Crippen molar-refractivity contribution in [3.63, 3.8) is 0 Å². The number of carbonyl (C=O) groups excluding carboxylic acids is 1. The molecule has 0 aliphatic rings. The van der Waals surface area contributed by atoms with E-state index >= 15 is 0 Å². The predicted molar refractivity (Wildman–Crippen MR) is 97.1 cm³/mol. The first-order chi connectivity index (χ1) is 12.1. The summed E-state index contributed by atoms with van der Waals surface area (Å²) in [5.41, 5.74) is 2.09. The lowest BCUT2D eigenvalue weighted by atomic mass is 10.2. The zero-order chi connectivity index (χ0) is 17.8. The first-order valence-corrected chi connectivity index (χ1v) is 8.74. The molecule has 3 rings (SSSR count). The second-order valence-corrected chi connectivity index (χ2v) is 6.92. The molecule has 0 saturated heterocycles. The molecule has 0 saturated carbocycles. The van der Waals surface area contributed by atoms with E-state index in [-0.39, 0.29) is 11.5 Å². The smallest absolute Gasteiger partial charge is 0.256 e. The highest BCUT2D eigenvalue weighted by Crippen LogP contribution is 2.27. The Balaban J connectivity index is 1.68. The Hall–Kier alpha value is -2.60. The van der Waals surface area contributed by atoms with E-state index in [1.165, 1.54) is 17.0 Å². The summed E-state index contributed by atoms with van der Waals surface area (Å²) in [4.78, 5) is 23.7. The lowest BCUT2D eigenvalue weighted by Crippen LogP contribution is -2.29. The van der Waals surface area contributed by atoms with Gasteiger partial charge in [-0.05, 0) is 31.2 Å². The van der Waals surface area contributed by atoms with Crippen molar-refractivity contribution < 1.29 is 9.18 Å². The van der Waals surface area contributed by atoms with Crippen LogP contribution in [0, 0.1) is 12.7 Å². The van der Waals surface area contributed by atoms with E-state index in [1.807, 2.05) is 19.1 Å². The number of likely N-dealkylation sites (N-methyl/N-ethyl adjacent to an activating group) is 1. The van der Waals surface area contributed by atoms with E-state index in [9.17, 15) is 9.18 Å². The fourth-order valence-corrected chi connectivity index (χ4v) is 3.46. The summed E-state index contributed by atoms with van der Waals surface area (Å²) in [5.74, 6) is -0.815. The summed E-state index contributed by atoms with van der Waals surface area (Å²) < 4.78 is 13.8. The molecular formula is C19H18FN3OS. The molecule has 0 fully saturated rings. The SMILES string of the molecule is Cc1sc(-c2ccncc2)nc1CCN(C)C(=O)c1ccccc1F. The zero-order valence-corrected chi connectivity index (χ0v) is 14.9. The fraction of sp³-hybridized carbons (Fsp3) is 0.211. The summed E-state index contributed by atoms with van der Waals surface area (Å²) >= 11 is 1.62. The van der Waals surface area contributed by atoms with Gasteiger partial charge in [-0.15, -0.1) is 11.3 Å². The molecule has 1 amide bonds. The Bertz CT molecular complexity index is 879. The van der Waals surface area contributed by atoms with Gasteiger partial charge in [0.25, 0.3) is 5.91 Å². The zero-order valence-electron chi connectivity index (χ0n) is 14.1. The van der Waals surface area contributed by atoms with E-state index < -0.39 is 5.82 Å². The number of carbonyl (C=O) groups is 1. The first kappa shape index (κ1) is 17.2. The molecule has 128 valence electrons. The van der Waals surface area contributed by atoms with Crippen molar-refractivity contribution in [2.24, 2.45) is 0 Å². The minimum absolute atomic E-state index is 0.0949. The van der Waals surface area contributed by atoms with Gasteiger partial charge in [-0.25, -0.2) is 9.37 Å². The van der Waals surface area contributed by atoms with Crippen LogP contribution in [0.4, 0.5) is 4.39 Å². The first-order valence-electron chi connectivity index (χ1n) is 7.93. The molecule has 0 aliphatic heterocycles. The Morgan fingerprint density at radius 3 is 2.64 bits per heavy atom. The van der Waals surface area contributed by atoms with Gasteiger partial charge in [-0.2, -0.15) is 0 Å². The van der Waals surface area contributed by atoms with Crippen molar-refractivity contribution in [3.8, 4) is 10.6 Å². The monoisotopic (exact) mass is 355 g/mol. The maximum absolute atomic E-state index is 13.8. The summed E-state index contributed by atoms with van der Waals surface area (Å²) in [6.45, 7) is 2.50. The maximum atomic E-state index is 13.8. The molecule has 0 aliphatic carbocycles. The summed E-state index contributed by atoms with van der Waals surface area (Å²) in [6, 6.07) is 9.89. The van der Waals surface area contributed by atoms with Crippen molar-refractivity contribution in [2.75, 3.05) is 13.6 Å². The minimum atomic E-state index is -0.496. The van der Waals surface area contributed by atoms with Gasteiger partial charge in [0.1, 0.15) is 10.8 Å². The van der Waals surface area contributed by atoms with Crippen LogP contribution in [0.2, 0.25) is 0 Å². The number of rotatable bonds is 5. The molecule has 2 aromatic heterocycles. The molecule has 6 heteroatoms. The van der Waals surface area contributed by atoms with E-state index in [2.05, 4.69) is 9.97 Å². The Labute approximate surface area is 150 Å². The van der Waals surface area contributed by atoms with Crippen LogP contribution in [0.15, 0.2) is 48.8 Å². The topological polar surface area (TPSA) is 46.1 Å². The lowest BCUT2D eigenvalue weighted by molar-refractivity contribution is 0.0791. The Kier molecular flexibility index (Phi) is 5.19. The number of aromatic nitrogens is 2. The molecule has 1 aromatic carbocycles. The molecular weight excluding hydrogens is 337 g/mol. The van der Waals surface area contributed by atoms with Crippen molar-refractivity contribution in [3.05, 3.63) is 70.7 Å². The number of hydrogen-bond acceptors (Lipinski definition) is 4. The van der Waals surface area contributed by atoms with Gasteiger partial charge in [0, 0.05) is 42.8 Å². The van der Waals surface area contributed by atoms with Crippen molar-refractivity contribution in [1.29, 1.82) is 0 Å². The standard InChI is InChI=1S/C19H18FN3OS/c1-13-17(22-18(25-13)14-7-10-21-11-8-14)9-12-23(2)19(24)15-5-3-4-6-16(15)20/h3-8,10-11H,9,12H2,1-2H3. The van der Waals surface area contributed by atoms with Crippen LogP contribution >= 0.6 is 11.3 Å². The van der Waals surface area contributed by atoms with Gasteiger partial charge >= 0.3 is 0 Å². The van der Waals surface area contributed by atoms with E-state index in [4.69, 9.17) is 0 Å². The average Bonchev–Trinajstić information content (AvgIpc) is 3.01. The number of halogens is 1. The molecule has 0 N–H and O–H groups in total. The molecule has 4 nitrogen and oxygen atoms in total. The van der Waals surface area contributed by atoms with Crippen molar-refractivity contribution >= 4 is 17.2 Å². The summed E-state index contributed by atoms with van der Waals surface area (Å²) in [5, 5.41) is 0.943. The van der Waals surface area contributed by atoms with Crippen LogP contribution in [-0.4, -0.2) is 34.4 Å². The van der Waals surface area contributed by atoms with E-state index in [0.29, 0.717) is 13.0 Å². The molecule has 0 radical (unpaired) electrons. The highest BCUT2D eigenvalue weighted by Gasteiger charge is 2.17. The normalized spacial score (nSPS) is 10.7. The third-order valence-electron chi connectivity index (χ3n) is 3.95. The number of thiazole rings is 1. The predicted octanol–water partition coefficient (Wildman–Crippen LogP) is 3.97. The highest BCUT2D eigenvalue weighted by molar-refractivity contribution is 7.15. The van der Waals surface area contributed by atoms with Crippen LogP contribution in [-0.2, 0) is 6.42 Å². The maximum Gasteiger partial charge on any atom is 0.256 e. The molecule has 0 atom stereocenters. The van der Waals surface area contributed by atoms with Crippen LogP contribution in [0.1, 0.15) is 20.9 Å². The molecule has 2 heterocycles. The van der Waals surface area contributed by atoms with Crippen LogP contribution in [0.3, 0.4) is 0 Å². The number of nitrogens with zero attached hydrogens (tertiary/aromatic N) is 3. The largest absolute Gasteiger partial charge is 0.341 e. The Morgan fingerprint density at radius 2 is 1.92 bits per heavy atom. The third-order valence-corrected chi connectivity index (χ3v) is 5.02. The second-order valence-electron chi connectivity index (χ2n) is 5.71. The summed E-state index contributed by atoms with van der Waals surface area (Å²) in [7, 11) is 1.68. The van der Waals surface area contributed by atoms with Gasteiger partial charge in [0.15, 0.2) is 0 Å². The molecule has 25 heavy (non-hydrogen) atoms. The quantitative estimate of drug-likeness (QED) is 0.696. The average molecular weight is 355 g/mol. The van der Waals surface area contributed by atoms with Crippen molar-refractivity contribution in [2.45, 2.75) is 13.3 Å². The second kappa shape index (κ2) is 7.53. The molecule has 0 spiro atoms. The number of benzene rings is 1. The Morgan fingerprint density at radius 1 is 1.20 bits per heavy atom. The lowest BCUT2D eigenvalue weighted by Gasteiger charge is -2.17. The number of amides is 1. The van der Waals surface area contributed by atoms with Crippen LogP contribution in [0.25, 0.3) is 10.6 Å². The molecule has 3 aromatic rings. The molecule has 0 unspecified atom stereocenters. The highest BCUT2D eigenvalue weighted by atomic mass is 32.1. The van der Waals surface area contributed by atoms with Gasteiger partial charge in [0.05, 0.1) is 11.3 Å². The van der Waals surface area contributed by atoms with Gasteiger partial charge in [0.2, 0.25) is 0 Å². The number of hydrogen-bond donors (Lipinski definition) is 0. The number of aryl methyl sites for hydroxylation is 1. The van der Waals surface area contributed by atoms with E-state index in [1.54, 1.807) is 42.9 Å². The third kappa shape index (κ3) is 3.91.